The minimum atomic E-state index is -0.885. The maximum Gasteiger partial charge on any atom is 0.314 e. The number of carboxylic acids is 1. The molecule has 0 unspecified atom stereocenters. The second kappa shape index (κ2) is 10.2. The highest BCUT2D eigenvalue weighted by atomic mass is 16.4. The number of carbonyl (C=O) groups excluding carboxylic acids is 2. The Kier molecular flexibility index (Phi) is 9.20. The third-order valence-corrected chi connectivity index (χ3v) is 2.20. The maximum atomic E-state index is 11.3. The first-order valence-corrected chi connectivity index (χ1v) is 6.42. The molecule has 0 aromatic rings. The van der Waals surface area contributed by atoms with Gasteiger partial charge in [-0.25, -0.2) is 4.79 Å². The molecule has 7 heteroatoms. The van der Waals surface area contributed by atoms with Crippen LogP contribution in [0.3, 0.4) is 0 Å². The monoisotopic (exact) mass is 273 g/mol. The molecule has 0 aliphatic carbocycles. The van der Waals surface area contributed by atoms with Gasteiger partial charge in [-0.2, -0.15) is 0 Å². The van der Waals surface area contributed by atoms with E-state index in [1.807, 2.05) is 13.8 Å². The number of hydrogen-bond donors (Lipinski definition) is 4. The van der Waals surface area contributed by atoms with Crippen LogP contribution < -0.4 is 16.0 Å². The van der Waals surface area contributed by atoms with Crippen LogP contribution in [0, 0.1) is 5.92 Å². The molecule has 0 bridgehead atoms. The van der Waals surface area contributed by atoms with Gasteiger partial charge in [-0.05, 0) is 12.3 Å². The Hall–Kier alpha value is -1.79. The van der Waals surface area contributed by atoms with Gasteiger partial charge >= 0.3 is 12.0 Å². The van der Waals surface area contributed by atoms with Crippen molar-refractivity contribution >= 4 is 17.9 Å². The first-order valence-electron chi connectivity index (χ1n) is 6.42. The van der Waals surface area contributed by atoms with E-state index in [-0.39, 0.29) is 31.3 Å². The molecule has 0 fully saturated rings. The number of carboxylic acid groups (broad SMARTS) is 1. The molecule has 4 N–H and O–H groups in total. The highest BCUT2D eigenvalue weighted by Crippen LogP contribution is 1.88. The Labute approximate surface area is 113 Å². The van der Waals surface area contributed by atoms with Gasteiger partial charge in [0.15, 0.2) is 0 Å². The quantitative estimate of drug-likeness (QED) is 0.453. The van der Waals surface area contributed by atoms with Crippen LogP contribution in [0.25, 0.3) is 0 Å². The van der Waals surface area contributed by atoms with Crippen LogP contribution in [0.15, 0.2) is 0 Å². The van der Waals surface area contributed by atoms with Crippen LogP contribution in [-0.4, -0.2) is 42.6 Å². The average molecular weight is 273 g/mol. The van der Waals surface area contributed by atoms with Gasteiger partial charge in [-0.1, -0.05) is 13.8 Å². The fourth-order valence-corrected chi connectivity index (χ4v) is 1.20. The first-order chi connectivity index (χ1) is 8.91. The predicted octanol–water partition coefficient (Wildman–Crippen LogP) is 0.313. The van der Waals surface area contributed by atoms with Crippen molar-refractivity contribution in [3.63, 3.8) is 0 Å². The lowest BCUT2D eigenvalue weighted by atomic mass is 10.2. The lowest BCUT2D eigenvalue weighted by Gasteiger charge is -2.09. The van der Waals surface area contributed by atoms with Gasteiger partial charge in [0.05, 0.1) is 0 Å². The Bertz CT molecular complexity index is 305. The van der Waals surface area contributed by atoms with Crippen molar-refractivity contribution in [2.24, 2.45) is 5.92 Å². The Balaban J connectivity index is 3.47. The Morgan fingerprint density at radius 3 is 2.21 bits per heavy atom. The molecule has 0 atom stereocenters. The number of urea groups is 1. The predicted molar refractivity (Wildman–Crippen MR) is 70.7 cm³/mol. The van der Waals surface area contributed by atoms with Crippen molar-refractivity contribution in [1.29, 1.82) is 0 Å². The van der Waals surface area contributed by atoms with Gasteiger partial charge in [0.1, 0.15) is 0 Å². The maximum absolute atomic E-state index is 11.3. The lowest BCUT2D eigenvalue weighted by Crippen LogP contribution is -2.38. The molecular formula is C12H23N3O4. The molecule has 0 aromatic heterocycles. The van der Waals surface area contributed by atoms with Crippen molar-refractivity contribution in [3.8, 4) is 0 Å². The summed E-state index contributed by atoms with van der Waals surface area (Å²) in [5.74, 6) is -0.585. The highest BCUT2D eigenvalue weighted by Gasteiger charge is 2.04. The van der Waals surface area contributed by atoms with Crippen molar-refractivity contribution in [2.75, 3.05) is 19.6 Å². The lowest BCUT2D eigenvalue weighted by molar-refractivity contribution is -0.137. The molecule has 110 valence electrons. The zero-order valence-electron chi connectivity index (χ0n) is 11.5. The van der Waals surface area contributed by atoms with Crippen molar-refractivity contribution in [1.82, 2.24) is 16.0 Å². The molecule has 3 amide bonds. The standard InChI is InChI=1S/C12H23N3O4/c1-9(2)8-15-10(16)5-7-14-12(19)13-6-3-4-11(17)18/h9H,3-8H2,1-2H3,(H,15,16)(H,17,18)(H2,13,14,19). The van der Waals surface area contributed by atoms with E-state index >= 15 is 0 Å². The van der Waals surface area contributed by atoms with Gasteiger partial charge in [-0.3, -0.25) is 9.59 Å². The highest BCUT2D eigenvalue weighted by molar-refractivity contribution is 5.78. The number of nitrogens with one attached hydrogen (secondary N) is 3. The van der Waals surface area contributed by atoms with Crippen LogP contribution in [0.5, 0.6) is 0 Å². The summed E-state index contributed by atoms with van der Waals surface area (Å²) in [7, 11) is 0. The molecule has 7 nitrogen and oxygen atoms in total. The van der Waals surface area contributed by atoms with Gasteiger partial charge in [0.2, 0.25) is 5.91 Å². The third-order valence-electron chi connectivity index (χ3n) is 2.20. The summed E-state index contributed by atoms with van der Waals surface area (Å²) in [5, 5.41) is 16.2. The van der Waals surface area contributed by atoms with Gasteiger partial charge in [-0.15, -0.1) is 0 Å². The summed E-state index contributed by atoms with van der Waals surface area (Å²) in [6.07, 6.45) is 0.644. The number of amides is 3. The van der Waals surface area contributed by atoms with Gasteiger partial charge < -0.3 is 21.1 Å². The van der Waals surface area contributed by atoms with Gasteiger partial charge in [0.25, 0.3) is 0 Å². The molecular weight excluding hydrogens is 250 g/mol. The zero-order chi connectivity index (χ0) is 14.7. The van der Waals surface area contributed by atoms with E-state index in [4.69, 9.17) is 5.11 Å². The molecule has 0 rings (SSSR count). The van der Waals surface area contributed by atoms with Crippen LogP contribution in [-0.2, 0) is 9.59 Å². The zero-order valence-corrected chi connectivity index (χ0v) is 11.5. The van der Waals surface area contributed by atoms with Crippen LogP contribution in [0.4, 0.5) is 4.79 Å². The van der Waals surface area contributed by atoms with E-state index in [9.17, 15) is 14.4 Å². The summed E-state index contributed by atoms with van der Waals surface area (Å²) < 4.78 is 0. The summed E-state index contributed by atoms with van der Waals surface area (Å²) in [5.41, 5.74) is 0. The summed E-state index contributed by atoms with van der Waals surface area (Å²) in [6, 6.07) is -0.387. The van der Waals surface area contributed by atoms with Crippen LogP contribution in [0.2, 0.25) is 0 Å². The van der Waals surface area contributed by atoms with E-state index in [0.29, 0.717) is 25.4 Å². The molecule has 19 heavy (non-hydrogen) atoms. The topological polar surface area (TPSA) is 108 Å². The SMILES string of the molecule is CC(C)CNC(=O)CCNC(=O)NCCCC(=O)O. The molecule has 0 saturated heterocycles. The van der Waals surface area contributed by atoms with Gasteiger partial charge in [0, 0.05) is 32.5 Å². The van der Waals surface area contributed by atoms with E-state index in [1.165, 1.54) is 0 Å². The summed E-state index contributed by atoms with van der Waals surface area (Å²) in [4.78, 5) is 32.8. The van der Waals surface area contributed by atoms with E-state index in [1.54, 1.807) is 0 Å². The van der Waals surface area contributed by atoms with Crippen molar-refractivity contribution in [2.45, 2.75) is 33.1 Å². The Morgan fingerprint density at radius 2 is 1.63 bits per heavy atom. The molecule has 0 radical (unpaired) electrons. The second-order valence-electron chi connectivity index (χ2n) is 4.63. The van der Waals surface area contributed by atoms with Crippen molar-refractivity contribution in [3.05, 3.63) is 0 Å². The van der Waals surface area contributed by atoms with E-state index in [0.717, 1.165) is 0 Å². The van der Waals surface area contributed by atoms with Crippen LogP contribution >= 0.6 is 0 Å². The minimum Gasteiger partial charge on any atom is -0.481 e. The second-order valence-corrected chi connectivity index (χ2v) is 4.63. The molecule has 0 aromatic carbocycles. The van der Waals surface area contributed by atoms with Crippen LogP contribution in [0.1, 0.15) is 33.1 Å². The molecule has 0 spiro atoms. The largest absolute Gasteiger partial charge is 0.481 e. The third kappa shape index (κ3) is 12.5. The molecule has 0 heterocycles. The number of aliphatic carboxylic acids is 1. The number of carbonyl (C=O) groups is 3. The normalized spacial score (nSPS) is 10.1. The van der Waals surface area contributed by atoms with E-state index in [2.05, 4.69) is 16.0 Å². The Morgan fingerprint density at radius 1 is 1.00 bits per heavy atom. The average Bonchev–Trinajstić information content (AvgIpc) is 2.32. The van der Waals surface area contributed by atoms with Crippen molar-refractivity contribution < 1.29 is 19.5 Å². The minimum absolute atomic E-state index is 0.0257. The molecule has 0 aliphatic rings. The van der Waals surface area contributed by atoms with E-state index < -0.39 is 5.97 Å². The number of rotatable bonds is 9. The summed E-state index contributed by atoms with van der Waals surface area (Å²) in [6.45, 7) is 5.19. The molecule has 0 saturated carbocycles. The fourth-order valence-electron chi connectivity index (χ4n) is 1.20. The molecule has 0 aliphatic heterocycles. The number of hydrogen-bond acceptors (Lipinski definition) is 3. The fraction of sp³-hybridized carbons (Fsp3) is 0.750. The smallest absolute Gasteiger partial charge is 0.314 e. The summed E-state index contributed by atoms with van der Waals surface area (Å²) >= 11 is 0. The first kappa shape index (κ1) is 17.2.